The summed E-state index contributed by atoms with van der Waals surface area (Å²) in [5, 5.41) is 0. The van der Waals surface area contributed by atoms with Gasteiger partial charge in [-0.3, -0.25) is 4.90 Å². The van der Waals surface area contributed by atoms with Gasteiger partial charge >= 0.3 is 0 Å². The summed E-state index contributed by atoms with van der Waals surface area (Å²) >= 11 is 0. The summed E-state index contributed by atoms with van der Waals surface area (Å²) in [7, 11) is 2.04. The fourth-order valence-corrected chi connectivity index (χ4v) is 2.45. The van der Waals surface area contributed by atoms with Gasteiger partial charge in [-0.15, -0.1) is 0 Å². The van der Waals surface area contributed by atoms with E-state index in [-0.39, 0.29) is 5.54 Å². The van der Waals surface area contributed by atoms with Gasteiger partial charge in [-0.05, 0) is 51.1 Å². The van der Waals surface area contributed by atoms with E-state index in [0.717, 1.165) is 24.9 Å². The Morgan fingerprint density at radius 2 is 1.94 bits per heavy atom. The van der Waals surface area contributed by atoms with Gasteiger partial charge in [0, 0.05) is 5.54 Å². The van der Waals surface area contributed by atoms with Crippen molar-refractivity contribution in [2.75, 3.05) is 13.6 Å². The van der Waals surface area contributed by atoms with Crippen LogP contribution in [0.1, 0.15) is 31.7 Å². The Morgan fingerprint density at radius 3 is 2.56 bits per heavy atom. The first-order valence-corrected chi connectivity index (χ1v) is 5.71. The highest BCUT2D eigenvalue weighted by Gasteiger charge is 2.33. The zero-order valence-corrected chi connectivity index (χ0v) is 9.76. The van der Waals surface area contributed by atoms with Gasteiger partial charge in [0.15, 0.2) is 11.6 Å². The highest BCUT2D eigenvalue weighted by Crippen LogP contribution is 2.36. The Kier molecular flexibility index (Phi) is 2.98. The van der Waals surface area contributed by atoms with Crippen molar-refractivity contribution < 1.29 is 8.78 Å². The minimum atomic E-state index is -0.772. The third kappa shape index (κ3) is 1.84. The molecule has 1 unspecified atom stereocenters. The molecule has 0 aliphatic carbocycles. The smallest absolute Gasteiger partial charge is 0.159 e. The first kappa shape index (κ1) is 11.5. The van der Waals surface area contributed by atoms with Gasteiger partial charge in [-0.2, -0.15) is 0 Å². The fraction of sp³-hybridized carbons (Fsp3) is 0.538. The summed E-state index contributed by atoms with van der Waals surface area (Å²) in [6.45, 7) is 3.11. The van der Waals surface area contributed by atoms with E-state index in [1.165, 1.54) is 18.6 Å². The molecule has 3 heteroatoms. The molecule has 0 saturated carbocycles. The Labute approximate surface area is 95.1 Å². The molecule has 1 aliphatic rings. The fourth-order valence-electron chi connectivity index (χ4n) is 2.45. The van der Waals surface area contributed by atoms with E-state index in [1.807, 2.05) is 7.05 Å². The third-order valence-electron chi connectivity index (χ3n) is 3.79. The number of nitrogens with zero attached hydrogens (tertiary/aromatic N) is 1. The molecular formula is C13H17F2N. The van der Waals surface area contributed by atoms with Crippen molar-refractivity contribution in [2.24, 2.45) is 0 Å². The number of likely N-dealkylation sites (tertiary alicyclic amines) is 1. The van der Waals surface area contributed by atoms with Gasteiger partial charge in [-0.25, -0.2) is 8.78 Å². The van der Waals surface area contributed by atoms with Gasteiger partial charge in [0.1, 0.15) is 0 Å². The van der Waals surface area contributed by atoms with Gasteiger partial charge in [-0.1, -0.05) is 12.5 Å². The van der Waals surface area contributed by atoms with Gasteiger partial charge in [0.2, 0.25) is 0 Å². The van der Waals surface area contributed by atoms with E-state index in [9.17, 15) is 8.78 Å². The molecule has 1 atom stereocenters. The lowest BCUT2D eigenvalue weighted by molar-refractivity contribution is 0.0881. The maximum absolute atomic E-state index is 13.2. The molecule has 1 aliphatic heterocycles. The van der Waals surface area contributed by atoms with E-state index in [1.54, 1.807) is 6.07 Å². The van der Waals surface area contributed by atoms with Crippen molar-refractivity contribution >= 4 is 0 Å². The van der Waals surface area contributed by atoms with Crippen LogP contribution in [0.3, 0.4) is 0 Å². The topological polar surface area (TPSA) is 3.24 Å². The predicted molar refractivity (Wildman–Crippen MR) is 60.2 cm³/mol. The zero-order chi connectivity index (χ0) is 11.8. The molecule has 1 fully saturated rings. The van der Waals surface area contributed by atoms with Crippen molar-refractivity contribution in [1.29, 1.82) is 0 Å². The Bertz CT molecular complexity index is 392. The second-order valence-corrected chi connectivity index (χ2v) is 4.78. The van der Waals surface area contributed by atoms with E-state index in [4.69, 9.17) is 0 Å². The lowest BCUT2D eigenvalue weighted by Gasteiger charge is -2.43. The molecular weight excluding hydrogens is 208 g/mol. The highest BCUT2D eigenvalue weighted by molar-refractivity contribution is 5.26. The van der Waals surface area contributed by atoms with Crippen LogP contribution in [0.5, 0.6) is 0 Å². The minimum absolute atomic E-state index is 0.160. The first-order valence-electron chi connectivity index (χ1n) is 5.71. The largest absolute Gasteiger partial charge is 0.297 e. The van der Waals surface area contributed by atoms with Gasteiger partial charge < -0.3 is 0 Å². The van der Waals surface area contributed by atoms with Crippen LogP contribution in [-0.4, -0.2) is 18.5 Å². The van der Waals surface area contributed by atoms with Crippen LogP contribution in [0.25, 0.3) is 0 Å². The van der Waals surface area contributed by atoms with Crippen LogP contribution in [0, 0.1) is 11.6 Å². The summed E-state index contributed by atoms with van der Waals surface area (Å²) in [4.78, 5) is 2.23. The van der Waals surface area contributed by atoms with Crippen LogP contribution in [0.2, 0.25) is 0 Å². The second-order valence-electron chi connectivity index (χ2n) is 4.78. The standard InChI is InChI=1S/C13H17F2N/c1-13(7-3-4-8-16(13)2)10-5-6-11(14)12(15)9-10/h5-6,9H,3-4,7-8H2,1-2H3. The Morgan fingerprint density at radius 1 is 1.19 bits per heavy atom. The zero-order valence-electron chi connectivity index (χ0n) is 9.76. The molecule has 0 aromatic heterocycles. The van der Waals surface area contributed by atoms with Gasteiger partial charge in [0.05, 0.1) is 0 Å². The van der Waals surface area contributed by atoms with Crippen molar-refractivity contribution in [3.63, 3.8) is 0 Å². The summed E-state index contributed by atoms with van der Waals surface area (Å²) in [6.07, 6.45) is 3.31. The average Bonchev–Trinajstić information content (AvgIpc) is 2.26. The van der Waals surface area contributed by atoms with Crippen LogP contribution < -0.4 is 0 Å². The maximum atomic E-state index is 13.2. The van der Waals surface area contributed by atoms with Crippen LogP contribution >= 0.6 is 0 Å². The van der Waals surface area contributed by atoms with E-state index in [2.05, 4.69) is 11.8 Å². The van der Waals surface area contributed by atoms with Crippen LogP contribution in [0.15, 0.2) is 18.2 Å². The average molecular weight is 225 g/mol. The minimum Gasteiger partial charge on any atom is -0.297 e. The molecule has 0 N–H and O–H groups in total. The monoisotopic (exact) mass is 225 g/mol. The third-order valence-corrected chi connectivity index (χ3v) is 3.79. The quantitative estimate of drug-likeness (QED) is 0.709. The summed E-state index contributed by atoms with van der Waals surface area (Å²) < 4.78 is 26.1. The van der Waals surface area contributed by atoms with Crippen molar-refractivity contribution in [2.45, 2.75) is 31.7 Å². The summed E-state index contributed by atoms with van der Waals surface area (Å²) in [6, 6.07) is 4.25. The summed E-state index contributed by atoms with van der Waals surface area (Å²) in [5.74, 6) is -1.52. The molecule has 0 amide bonds. The second kappa shape index (κ2) is 4.13. The molecule has 1 aromatic carbocycles. The number of rotatable bonds is 1. The SMILES string of the molecule is CN1CCCCC1(C)c1ccc(F)c(F)c1. The van der Waals surface area contributed by atoms with E-state index in [0.29, 0.717) is 0 Å². The molecule has 1 nitrogen and oxygen atoms in total. The molecule has 1 saturated heterocycles. The normalized spacial score (nSPS) is 27.0. The lowest BCUT2D eigenvalue weighted by atomic mass is 9.82. The molecule has 2 rings (SSSR count). The molecule has 16 heavy (non-hydrogen) atoms. The number of hydrogen-bond acceptors (Lipinski definition) is 1. The molecule has 88 valence electrons. The number of hydrogen-bond donors (Lipinski definition) is 0. The number of halogens is 2. The summed E-state index contributed by atoms with van der Waals surface area (Å²) in [5.41, 5.74) is 0.709. The number of piperidine rings is 1. The lowest BCUT2D eigenvalue weighted by Crippen LogP contribution is -2.44. The highest BCUT2D eigenvalue weighted by atomic mass is 19.2. The molecule has 1 heterocycles. The van der Waals surface area contributed by atoms with Crippen molar-refractivity contribution in [3.8, 4) is 0 Å². The Balaban J connectivity index is 2.37. The Hall–Kier alpha value is -0.960. The van der Waals surface area contributed by atoms with Crippen molar-refractivity contribution in [3.05, 3.63) is 35.4 Å². The maximum Gasteiger partial charge on any atom is 0.159 e. The van der Waals surface area contributed by atoms with E-state index >= 15 is 0 Å². The van der Waals surface area contributed by atoms with Crippen LogP contribution in [-0.2, 0) is 5.54 Å². The van der Waals surface area contributed by atoms with E-state index < -0.39 is 11.6 Å². The van der Waals surface area contributed by atoms with Crippen LogP contribution in [0.4, 0.5) is 8.78 Å². The predicted octanol–water partition coefficient (Wildman–Crippen LogP) is 3.30. The molecule has 0 bridgehead atoms. The molecule has 0 spiro atoms. The first-order chi connectivity index (χ1) is 7.54. The molecule has 1 aromatic rings. The van der Waals surface area contributed by atoms with Gasteiger partial charge in [0.25, 0.3) is 0 Å². The molecule has 0 radical (unpaired) electrons. The number of benzene rings is 1. The van der Waals surface area contributed by atoms with Crippen molar-refractivity contribution in [1.82, 2.24) is 4.90 Å².